The first-order valence-corrected chi connectivity index (χ1v) is 6.36. The van der Waals surface area contributed by atoms with Crippen molar-refractivity contribution >= 4 is 11.3 Å². The molecule has 0 radical (unpaired) electrons. The number of benzene rings is 1. The highest BCUT2D eigenvalue weighted by molar-refractivity contribution is 7.78. The van der Waals surface area contributed by atoms with Crippen LogP contribution in [0.15, 0.2) is 27.5 Å². The van der Waals surface area contributed by atoms with Crippen molar-refractivity contribution in [3.05, 3.63) is 39.9 Å². The van der Waals surface area contributed by atoms with Crippen LogP contribution in [0.2, 0.25) is 0 Å². The van der Waals surface area contributed by atoms with E-state index in [1.54, 1.807) is 6.07 Å². The summed E-state index contributed by atoms with van der Waals surface area (Å²) in [4.78, 5) is 11.4. The molecule has 1 unspecified atom stereocenters. The summed E-state index contributed by atoms with van der Waals surface area (Å²) in [6, 6.07) is 5.33. The van der Waals surface area contributed by atoms with Gasteiger partial charge in [0.1, 0.15) is 5.75 Å². The van der Waals surface area contributed by atoms with Gasteiger partial charge in [0.25, 0.3) is 11.3 Å². The van der Waals surface area contributed by atoms with E-state index in [4.69, 9.17) is 4.74 Å². The fourth-order valence-corrected chi connectivity index (χ4v) is 1.91. The minimum Gasteiger partial charge on any atom is -0.422 e. The second-order valence-electron chi connectivity index (χ2n) is 3.78. The van der Waals surface area contributed by atoms with Gasteiger partial charge >= 0.3 is 11.8 Å². The van der Waals surface area contributed by atoms with Crippen molar-refractivity contribution in [1.29, 1.82) is 0 Å². The van der Waals surface area contributed by atoms with Gasteiger partial charge in [0.05, 0.1) is 7.11 Å². The van der Waals surface area contributed by atoms with Gasteiger partial charge < -0.3 is 4.74 Å². The average molecular weight is 284 g/mol. The molecular formula is C11H12N2O5S. The maximum Gasteiger partial charge on any atom is 0.458 e. The Balaban J connectivity index is 2.42. The Bertz CT molecular complexity index is 676. The Morgan fingerprint density at radius 2 is 2.11 bits per heavy atom. The molecule has 0 saturated heterocycles. The van der Waals surface area contributed by atoms with Gasteiger partial charge in [-0.05, 0) is 36.2 Å². The standard InChI is InChI=1S/C11H12N2O5S/c1-7-4-5-8(2)9(6-7)17-10-12-18-11(14)13(10)19(15)16-3/h4-6H,1-3H3. The maximum absolute atomic E-state index is 11.5. The van der Waals surface area contributed by atoms with Crippen molar-refractivity contribution in [2.45, 2.75) is 13.8 Å². The Morgan fingerprint density at radius 3 is 2.79 bits per heavy atom. The fraction of sp³-hybridized carbons (Fsp3) is 0.273. The van der Waals surface area contributed by atoms with E-state index in [-0.39, 0.29) is 6.01 Å². The van der Waals surface area contributed by atoms with Crippen LogP contribution in [0.4, 0.5) is 0 Å². The average Bonchev–Trinajstić information content (AvgIpc) is 2.74. The fourth-order valence-electron chi connectivity index (χ4n) is 1.41. The van der Waals surface area contributed by atoms with Crippen molar-refractivity contribution in [3.63, 3.8) is 0 Å². The number of nitrogens with zero attached hydrogens (tertiary/aromatic N) is 2. The van der Waals surface area contributed by atoms with Crippen molar-refractivity contribution in [1.82, 2.24) is 9.13 Å². The smallest absolute Gasteiger partial charge is 0.422 e. The van der Waals surface area contributed by atoms with Crippen LogP contribution in [-0.2, 0) is 15.4 Å². The molecule has 1 heterocycles. The van der Waals surface area contributed by atoms with E-state index in [0.717, 1.165) is 11.1 Å². The summed E-state index contributed by atoms with van der Waals surface area (Å²) < 4.78 is 26.6. The van der Waals surface area contributed by atoms with Gasteiger partial charge in [-0.1, -0.05) is 12.1 Å². The third-order valence-corrected chi connectivity index (χ3v) is 3.27. The van der Waals surface area contributed by atoms with Crippen molar-refractivity contribution in [2.75, 3.05) is 7.11 Å². The zero-order chi connectivity index (χ0) is 14.0. The highest BCUT2D eigenvalue weighted by Crippen LogP contribution is 2.24. The highest BCUT2D eigenvalue weighted by atomic mass is 32.2. The Morgan fingerprint density at radius 1 is 1.37 bits per heavy atom. The van der Waals surface area contributed by atoms with Crippen LogP contribution in [0.5, 0.6) is 11.8 Å². The van der Waals surface area contributed by atoms with Gasteiger partial charge in [0, 0.05) is 0 Å². The largest absolute Gasteiger partial charge is 0.458 e. The molecule has 0 bridgehead atoms. The summed E-state index contributed by atoms with van der Waals surface area (Å²) in [5, 5.41) is 3.43. The predicted molar refractivity (Wildman–Crippen MR) is 67.3 cm³/mol. The number of rotatable bonds is 4. The molecule has 19 heavy (non-hydrogen) atoms. The molecule has 0 aliphatic rings. The number of aromatic nitrogens is 2. The molecule has 0 aliphatic carbocycles. The maximum atomic E-state index is 11.5. The second kappa shape index (κ2) is 5.37. The summed E-state index contributed by atoms with van der Waals surface area (Å²) >= 11 is -2.05. The molecule has 0 N–H and O–H groups in total. The summed E-state index contributed by atoms with van der Waals surface area (Å²) in [5.41, 5.74) is 1.82. The second-order valence-corrected chi connectivity index (χ2v) is 4.91. The molecule has 7 nitrogen and oxygen atoms in total. The SMILES string of the molecule is COS(=O)n1c(Oc2cc(C)ccc2C)noc1=O. The van der Waals surface area contributed by atoms with Gasteiger partial charge in [0.2, 0.25) is 0 Å². The lowest BCUT2D eigenvalue weighted by molar-refractivity contribution is 0.350. The summed E-state index contributed by atoms with van der Waals surface area (Å²) in [5.74, 6) is -0.421. The van der Waals surface area contributed by atoms with Crippen LogP contribution >= 0.6 is 0 Å². The summed E-state index contributed by atoms with van der Waals surface area (Å²) in [6.07, 6.45) is 0. The minimum absolute atomic E-state index is 0.223. The Labute approximate surface area is 111 Å². The van der Waals surface area contributed by atoms with Gasteiger partial charge in [-0.25, -0.2) is 9.00 Å². The van der Waals surface area contributed by atoms with E-state index in [9.17, 15) is 9.00 Å². The molecule has 0 saturated carbocycles. The first-order chi connectivity index (χ1) is 9.02. The summed E-state index contributed by atoms with van der Waals surface area (Å²) in [7, 11) is 1.19. The molecule has 1 aromatic carbocycles. The number of aryl methyl sites for hydroxylation is 2. The molecule has 2 rings (SSSR count). The summed E-state index contributed by atoms with van der Waals surface area (Å²) in [6.45, 7) is 3.74. The molecule has 102 valence electrons. The minimum atomic E-state index is -2.05. The van der Waals surface area contributed by atoms with Crippen LogP contribution in [-0.4, -0.2) is 20.4 Å². The zero-order valence-corrected chi connectivity index (χ0v) is 11.4. The molecule has 1 aromatic heterocycles. The predicted octanol–water partition coefficient (Wildman–Crippen LogP) is 1.32. The van der Waals surface area contributed by atoms with Gasteiger partial charge in [-0.15, -0.1) is 3.97 Å². The molecule has 0 fully saturated rings. The van der Waals surface area contributed by atoms with Crippen LogP contribution in [0.1, 0.15) is 11.1 Å². The topological polar surface area (TPSA) is 83.6 Å². The third kappa shape index (κ3) is 2.74. The monoisotopic (exact) mass is 284 g/mol. The Kier molecular flexibility index (Phi) is 3.82. The van der Waals surface area contributed by atoms with Crippen LogP contribution < -0.4 is 10.5 Å². The van der Waals surface area contributed by atoms with Crippen molar-refractivity contribution in [2.24, 2.45) is 0 Å². The van der Waals surface area contributed by atoms with Crippen LogP contribution in [0.25, 0.3) is 0 Å². The van der Waals surface area contributed by atoms with E-state index in [1.807, 2.05) is 26.0 Å². The van der Waals surface area contributed by atoms with Crippen LogP contribution in [0, 0.1) is 13.8 Å². The molecule has 2 aromatic rings. The molecule has 0 aliphatic heterocycles. The molecule has 1 atom stereocenters. The molecular weight excluding hydrogens is 272 g/mol. The van der Waals surface area contributed by atoms with E-state index >= 15 is 0 Å². The first-order valence-electron chi connectivity index (χ1n) is 5.33. The third-order valence-electron chi connectivity index (χ3n) is 2.38. The van der Waals surface area contributed by atoms with Crippen LogP contribution in [0.3, 0.4) is 0 Å². The van der Waals surface area contributed by atoms with Gasteiger partial charge in [-0.3, -0.25) is 8.71 Å². The number of hydrogen-bond donors (Lipinski definition) is 0. The normalized spacial score (nSPS) is 12.4. The van der Waals surface area contributed by atoms with Crippen molar-refractivity contribution in [3.8, 4) is 11.8 Å². The van der Waals surface area contributed by atoms with E-state index in [0.29, 0.717) is 9.72 Å². The number of hydrogen-bond acceptors (Lipinski definition) is 6. The van der Waals surface area contributed by atoms with Gasteiger partial charge in [-0.2, -0.15) is 0 Å². The Hall–Kier alpha value is -1.93. The lowest BCUT2D eigenvalue weighted by Gasteiger charge is -2.07. The lowest BCUT2D eigenvalue weighted by Crippen LogP contribution is -2.19. The van der Waals surface area contributed by atoms with E-state index in [1.165, 1.54) is 7.11 Å². The molecule has 0 amide bonds. The lowest BCUT2D eigenvalue weighted by atomic mass is 10.1. The van der Waals surface area contributed by atoms with Crippen molar-refractivity contribution < 1.29 is 17.7 Å². The van der Waals surface area contributed by atoms with Gasteiger partial charge in [0.15, 0.2) is 0 Å². The zero-order valence-electron chi connectivity index (χ0n) is 10.6. The quantitative estimate of drug-likeness (QED) is 0.842. The highest BCUT2D eigenvalue weighted by Gasteiger charge is 2.19. The molecule has 8 heteroatoms. The molecule has 0 spiro atoms. The van der Waals surface area contributed by atoms with E-state index < -0.39 is 17.0 Å². The first kappa shape index (κ1) is 13.5. The number of ether oxygens (including phenoxy) is 1. The van der Waals surface area contributed by atoms with E-state index in [2.05, 4.69) is 13.9 Å².